The van der Waals surface area contributed by atoms with Crippen LogP contribution in [0.3, 0.4) is 0 Å². The van der Waals surface area contributed by atoms with Gasteiger partial charge in [0.2, 0.25) is 5.95 Å². The molecule has 2 aromatic heterocycles. The van der Waals surface area contributed by atoms with Crippen LogP contribution < -0.4 is 5.32 Å². The molecule has 2 N–H and O–H groups in total. The lowest BCUT2D eigenvalue weighted by atomic mass is 10.1. The van der Waals surface area contributed by atoms with Crippen molar-refractivity contribution in [2.45, 2.75) is 0 Å². The Morgan fingerprint density at radius 2 is 2.05 bits per heavy atom. The quantitative estimate of drug-likeness (QED) is 0.726. The third-order valence-electron chi connectivity index (χ3n) is 3.04. The summed E-state index contributed by atoms with van der Waals surface area (Å²) in [5, 5.41) is 9.96. The largest absolute Gasteiger partial charge is 0.343 e. The Balaban J connectivity index is 1.98. The minimum Gasteiger partial charge on any atom is -0.343 e. The number of nitrogens with one attached hydrogen (secondary N) is 2. The van der Waals surface area contributed by atoms with Crippen molar-refractivity contribution in [3.63, 3.8) is 0 Å². The van der Waals surface area contributed by atoms with Gasteiger partial charge in [-0.2, -0.15) is 5.10 Å². The highest BCUT2D eigenvalue weighted by atomic mass is 19.1. The van der Waals surface area contributed by atoms with E-state index in [0.29, 0.717) is 23.9 Å². The number of rotatable bonds is 4. The van der Waals surface area contributed by atoms with Gasteiger partial charge in [-0.3, -0.25) is 5.10 Å². The number of benzene rings is 1. The fourth-order valence-electron chi connectivity index (χ4n) is 2.04. The van der Waals surface area contributed by atoms with E-state index in [4.69, 9.17) is 6.42 Å². The van der Waals surface area contributed by atoms with Crippen LogP contribution in [-0.4, -0.2) is 26.7 Å². The third-order valence-corrected chi connectivity index (χ3v) is 3.04. The van der Waals surface area contributed by atoms with Gasteiger partial charge in [-0.1, -0.05) is 5.92 Å². The van der Waals surface area contributed by atoms with Crippen LogP contribution in [0.25, 0.3) is 22.5 Å². The van der Waals surface area contributed by atoms with Gasteiger partial charge in [0, 0.05) is 23.5 Å². The van der Waals surface area contributed by atoms with E-state index in [1.54, 1.807) is 30.6 Å². The lowest BCUT2D eigenvalue weighted by molar-refractivity contribution is 0.628. The van der Waals surface area contributed by atoms with Crippen LogP contribution in [0.5, 0.6) is 0 Å². The molecular formula is C16H12FN5. The van der Waals surface area contributed by atoms with Gasteiger partial charge in [0.25, 0.3) is 0 Å². The molecule has 0 aliphatic rings. The first kappa shape index (κ1) is 13.8. The molecule has 108 valence electrons. The van der Waals surface area contributed by atoms with Crippen molar-refractivity contribution in [1.29, 1.82) is 0 Å². The Hall–Kier alpha value is -3.20. The number of hydrogen-bond donors (Lipinski definition) is 2. The summed E-state index contributed by atoms with van der Waals surface area (Å²) in [6.45, 7) is 0.347. The van der Waals surface area contributed by atoms with Gasteiger partial charge in [-0.25, -0.2) is 14.4 Å². The predicted molar refractivity (Wildman–Crippen MR) is 82.3 cm³/mol. The number of halogens is 1. The van der Waals surface area contributed by atoms with E-state index in [2.05, 4.69) is 31.4 Å². The molecular weight excluding hydrogens is 281 g/mol. The monoisotopic (exact) mass is 293 g/mol. The zero-order chi connectivity index (χ0) is 15.4. The summed E-state index contributed by atoms with van der Waals surface area (Å²) < 4.78 is 13.0. The average molecular weight is 293 g/mol. The van der Waals surface area contributed by atoms with Crippen molar-refractivity contribution in [2.24, 2.45) is 0 Å². The van der Waals surface area contributed by atoms with Crippen LogP contribution >= 0.6 is 0 Å². The lowest BCUT2D eigenvalue weighted by Crippen LogP contribution is -2.03. The SMILES string of the molecule is C#CCNc1nccc(-c2c[nH]nc2-c2ccc(F)cc2)n1. The molecule has 0 saturated carbocycles. The van der Waals surface area contributed by atoms with Gasteiger partial charge < -0.3 is 5.32 Å². The van der Waals surface area contributed by atoms with E-state index in [0.717, 1.165) is 11.1 Å². The van der Waals surface area contributed by atoms with Crippen LogP contribution in [0.2, 0.25) is 0 Å². The molecule has 2 heterocycles. The van der Waals surface area contributed by atoms with Crippen molar-refractivity contribution >= 4 is 5.95 Å². The smallest absolute Gasteiger partial charge is 0.223 e. The van der Waals surface area contributed by atoms with Crippen molar-refractivity contribution in [3.05, 3.63) is 48.5 Å². The molecule has 0 fully saturated rings. The summed E-state index contributed by atoms with van der Waals surface area (Å²) in [5.74, 6) is 2.63. The molecule has 3 aromatic rings. The maximum absolute atomic E-state index is 13.0. The van der Waals surface area contributed by atoms with Crippen LogP contribution in [0.1, 0.15) is 0 Å². The van der Waals surface area contributed by atoms with Gasteiger partial charge >= 0.3 is 0 Å². The van der Waals surface area contributed by atoms with Crippen molar-refractivity contribution in [2.75, 3.05) is 11.9 Å². The normalized spacial score (nSPS) is 10.2. The number of nitrogens with zero attached hydrogens (tertiary/aromatic N) is 3. The molecule has 6 heteroatoms. The summed E-state index contributed by atoms with van der Waals surface area (Å²) >= 11 is 0. The molecule has 0 radical (unpaired) electrons. The molecule has 3 rings (SSSR count). The van der Waals surface area contributed by atoms with Crippen LogP contribution in [-0.2, 0) is 0 Å². The second-order valence-corrected chi connectivity index (χ2v) is 4.48. The maximum atomic E-state index is 13.0. The number of anilines is 1. The van der Waals surface area contributed by atoms with Gasteiger partial charge in [0.1, 0.15) is 11.5 Å². The zero-order valence-corrected chi connectivity index (χ0v) is 11.5. The molecule has 5 nitrogen and oxygen atoms in total. The molecule has 0 aliphatic carbocycles. The van der Waals surface area contributed by atoms with Crippen LogP contribution in [0, 0.1) is 18.2 Å². The molecule has 0 saturated heterocycles. The van der Waals surface area contributed by atoms with Crippen LogP contribution in [0.15, 0.2) is 42.7 Å². The Morgan fingerprint density at radius 1 is 1.23 bits per heavy atom. The summed E-state index contributed by atoms with van der Waals surface area (Å²) in [7, 11) is 0. The first-order valence-corrected chi connectivity index (χ1v) is 6.58. The third kappa shape index (κ3) is 2.79. The van der Waals surface area contributed by atoms with E-state index in [9.17, 15) is 4.39 Å². The first-order chi connectivity index (χ1) is 10.8. The molecule has 1 aromatic carbocycles. The summed E-state index contributed by atoms with van der Waals surface area (Å²) in [4.78, 5) is 8.51. The molecule has 0 amide bonds. The van der Waals surface area contributed by atoms with Crippen LogP contribution in [0.4, 0.5) is 10.3 Å². The number of H-pyrrole nitrogens is 1. The molecule has 22 heavy (non-hydrogen) atoms. The Labute approximate surface area is 126 Å². The number of aromatic nitrogens is 4. The molecule has 0 aliphatic heterocycles. The molecule has 0 bridgehead atoms. The van der Waals surface area contributed by atoms with E-state index in [-0.39, 0.29) is 5.82 Å². The molecule has 0 spiro atoms. The van der Waals surface area contributed by atoms with Gasteiger partial charge in [0.05, 0.1) is 12.2 Å². The van der Waals surface area contributed by atoms with Gasteiger partial charge in [-0.15, -0.1) is 6.42 Å². The highest BCUT2D eigenvalue weighted by Gasteiger charge is 2.12. The van der Waals surface area contributed by atoms with Crippen molar-refractivity contribution < 1.29 is 4.39 Å². The van der Waals surface area contributed by atoms with E-state index >= 15 is 0 Å². The van der Waals surface area contributed by atoms with Crippen molar-refractivity contribution in [3.8, 4) is 34.9 Å². The highest BCUT2D eigenvalue weighted by molar-refractivity contribution is 5.78. The van der Waals surface area contributed by atoms with Gasteiger partial charge in [0.15, 0.2) is 0 Å². The summed E-state index contributed by atoms with van der Waals surface area (Å²) in [6.07, 6.45) is 8.59. The van der Waals surface area contributed by atoms with E-state index in [1.165, 1.54) is 12.1 Å². The van der Waals surface area contributed by atoms with E-state index < -0.39 is 0 Å². The minimum absolute atomic E-state index is 0.288. The Kier molecular flexibility index (Phi) is 3.79. The topological polar surface area (TPSA) is 66.5 Å². The number of terminal acetylenes is 1. The molecule has 0 unspecified atom stereocenters. The number of aromatic amines is 1. The Morgan fingerprint density at radius 3 is 2.82 bits per heavy atom. The average Bonchev–Trinajstić information content (AvgIpc) is 3.03. The standard InChI is InChI=1S/C16H12FN5/c1-2-8-18-16-19-9-7-14(21-16)13-10-20-22-15(13)11-3-5-12(17)6-4-11/h1,3-7,9-10H,8H2,(H,20,22)(H,18,19,21). The second-order valence-electron chi connectivity index (χ2n) is 4.48. The fraction of sp³-hybridized carbons (Fsp3) is 0.0625. The number of hydrogen-bond acceptors (Lipinski definition) is 4. The zero-order valence-electron chi connectivity index (χ0n) is 11.5. The predicted octanol–water partition coefficient (Wildman–Crippen LogP) is 2.72. The highest BCUT2D eigenvalue weighted by Crippen LogP contribution is 2.29. The van der Waals surface area contributed by atoms with E-state index in [1.807, 2.05) is 0 Å². The van der Waals surface area contributed by atoms with Crippen molar-refractivity contribution in [1.82, 2.24) is 20.2 Å². The first-order valence-electron chi connectivity index (χ1n) is 6.58. The second kappa shape index (κ2) is 6.06. The Bertz CT molecular complexity index is 817. The fourth-order valence-corrected chi connectivity index (χ4v) is 2.04. The maximum Gasteiger partial charge on any atom is 0.223 e. The van der Waals surface area contributed by atoms with Gasteiger partial charge in [-0.05, 0) is 30.3 Å². The summed E-state index contributed by atoms with van der Waals surface area (Å²) in [6, 6.07) is 7.92. The summed E-state index contributed by atoms with van der Waals surface area (Å²) in [5.41, 5.74) is 3.00. The minimum atomic E-state index is -0.288. The molecule has 0 atom stereocenters. The lowest BCUT2D eigenvalue weighted by Gasteiger charge is -2.05.